The van der Waals surface area contributed by atoms with Gasteiger partial charge >= 0.3 is 12.2 Å². The molecule has 0 bridgehead atoms. The minimum absolute atomic E-state index is 0.00604. The fourth-order valence-corrected chi connectivity index (χ4v) is 6.01. The molecule has 8 nitrogen and oxygen atoms in total. The molecular formula is C29H23ClF5N5O3. The van der Waals surface area contributed by atoms with Crippen molar-refractivity contribution in [2.24, 2.45) is 0 Å². The molecule has 2 atom stereocenters. The zero-order chi connectivity index (χ0) is 30.6. The molecule has 4 N–H and O–H groups in total. The predicted octanol–water partition coefficient (Wildman–Crippen LogP) is 5.75. The van der Waals surface area contributed by atoms with Crippen LogP contribution in [0.15, 0.2) is 42.5 Å². The lowest BCUT2D eigenvalue weighted by Gasteiger charge is -2.35. The van der Waals surface area contributed by atoms with Crippen molar-refractivity contribution in [3.05, 3.63) is 86.9 Å². The van der Waals surface area contributed by atoms with Crippen LogP contribution in [-0.4, -0.2) is 37.0 Å². The molecule has 0 spiro atoms. The molecule has 6 rings (SSSR count). The van der Waals surface area contributed by atoms with Crippen LogP contribution in [0.4, 0.5) is 43.8 Å². The molecule has 14 heteroatoms. The summed E-state index contributed by atoms with van der Waals surface area (Å²) in [5.74, 6) is -3.34. The van der Waals surface area contributed by atoms with Crippen molar-refractivity contribution in [2.75, 3.05) is 28.6 Å². The van der Waals surface area contributed by atoms with Crippen LogP contribution in [0.1, 0.15) is 51.5 Å². The van der Waals surface area contributed by atoms with Gasteiger partial charge in [0.25, 0.3) is 5.91 Å². The zero-order valence-corrected chi connectivity index (χ0v) is 22.9. The molecule has 224 valence electrons. The zero-order valence-electron chi connectivity index (χ0n) is 22.2. The van der Waals surface area contributed by atoms with Gasteiger partial charge in [0.15, 0.2) is 0 Å². The number of anilines is 3. The lowest BCUT2D eigenvalue weighted by molar-refractivity contribution is -0.137. The lowest BCUT2D eigenvalue weighted by Crippen LogP contribution is -2.46. The van der Waals surface area contributed by atoms with Crippen molar-refractivity contribution < 1.29 is 36.3 Å². The van der Waals surface area contributed by atoms with E-state index < -0.39 is 53.0 Å². The van der Waals surface area contributed by atoms with Crippen molar-refractivity contribution in [1.82, 2.24) is 10.6 Å². The van der Waals surface area contributed by atoms with Crippen molar-refractivity contribution in [2.45, 2.75) is 37.5 Å². The number of nitrogens with zero attached hydrogens (tertiary/aromatic N) is 1. The summed E-state index contributed by atoms with van der Waals surface area (Å²) in [6, 6.07) is 4.36. The van der Waals surface area contributed by atoms with Crippen molar-refractivity contribution in [3.63, 3.8) is 0 Å². The van der Waals surface area contributed by atoms with E-state index in [4.69, 9.17) is 11.6 Å². The second-order valence-corrected chi connectivity index (χ2v) is 10.9. The number of carbonyl (C=O) groups is 3. The maximum Gasteiger partial charge on any atom is 0.416 e. The Morgan fingerprint density at radius 2 is 1.79 bits per heavy atom. The Balaban J connectivity index is 1.50. The van der Waals surface area contributed by atoms with Gasteiger partial charge in [-0.25, -0.2) is 13.6 Å². The number of benzene rings is 3. The first-order valence-electron chi connectivity index (χ1n) is 13.4. The van der Waals surface area contributed by atoms with Gasteiger partial charge in [-0.2, -0.15) is 13.2 Å². The van der Waals surface area contributed by atoms with E-state index >= 15 is 0 Å². The molecule has 3 heterocycles. The monoisotopic (exact) mass is 619 g/mol. The van der Waals surface area contributed by atoms with Gasteiger partial charge in [-0.05, 0) is 68.3 Å². The van der Waals surface area contributed by atoms with Gasteiger partial charge in [0.1, 0.15) is 11.6 Å². The van der Waals surface area contributed by atoms with Gasteiger partial charge in [0.05, 0.1) is 29.0 Å². The first-order valence-corrected chi connectivity index (χ1v) is 13.7. The van der Waals surface area contributed by atoms with Crippen molar-refractivity contribution in [3.8, 4) is 0 Å². The first-order chi connectivity index (χ1) is 20.4. The minimum atomic E-state index is -4.91. The van der Waals surface area contributed by atoms with E-state index in [1.165, 1.54) is 17.0 Å². The molecule has 1 unspecified atom stereocenters. The largest absolute Gasteiger partial charge is 0.416 e. The third-order valence-electron chi connectivity index (χ3n) is 7.74. The number of urea groups is 1. The Morgan fingerprint density at radius 1 is 1.00 bits per heavy atom. The van der Waals surface area contributed by atoms with Crippen LogP contribution in [0, 0.1) is 11.6 Å². The predicted molar refractivity (Wildman–Crippen MR) is 148 cm³/mol. The van der Waals surface area contributed by atoms with Crippen LogP contribution in [0.3, 0.4) is 0 Å². The molecule has 4 amide bonds. The maximum absolute atomic E-state index is 14.4. The van der Waals surface area contributed by atoms with Gasteiger partial charge in [-0.15, -0.1) is 0 Å². The highest BCUT2D eigenvalue weighted by Crippen LogP contribution is 2.49. The molecule has 3 aromatic carbocycles. The van der Waals surface area contributed by atoms with Crippen LogP contribution in [0.2, 0.25) is 5.02 Å². The number of alkyl halides is 3. The normalized spacial score (nSPS) is 19.2. The molecule has 0 saturated carbocycles. The van der Waals surface area contributed by atoms with E-state index in [9.17, 15) is 36.3 Å². The Hall–Kier alpha value is -4.23. The van der Waals surface area contributed by atoms with Crippen LogP contribution in [-0.2, 0) is 17.4 Å². The number of carbonyl (C=O) groups excluding carboxylic acids is 3. The summed E-state index contributed by atoms with van der Waals surface area (Å²) in [4.78, 5) is 41.0. The van der Waals surface area contributed by atoms with Crippen LogP contribution in [0.25, 0.3) is 0 Å². The topological polar surface area (TPSA) is 103 Å². The van der Waals surface area contributed by atoms with Crippen molar-refractivity contribution in [1.29, 1.82) is 0 Å². The first kappa shape index (κ1) is 28.9. The summed E-state index contributed by atoms with van der Waals surface area (Å²) < 4.78 is 68.7. The molecule has 0 radical (unpaired) electrons. The number of amides is 4. The van der Waals surface area contributed by atoms with Gasteiger partial charge in [-0.3, -0.25) is 14.5 Å². The molecule has 3 aliphatic rings. The number of nitrogens with one attached hydrogen (secondary N) is 4. The van der Waals surface area contributed by atoms with E-state index in [1.54, 1.807) is 0 Å². The van der Waals surface area contributed by atoms with E-state index in [0.717, 1.165) is 18.6 Å². The molecule has 0 aromatic heterocycles. The second-order valence-electron chi connectivity index (χ2n) is 10.5. The van der Waals surface area contributed by atoms with Crippen LogP contribution in [0.5, 0.6) is 0 Å². The third kappa shape index (κ3) is 5.38. The van der Waals surface area contributed by atoms with Crippen molar-refractivity contribution >= 4 is 46.5 Å². The number of rotatable bonds is 5. The van der Waals surface area contributed by atoms with E-state index in [2.05, 4.69) is 21.3 Å². The molecule has 3 aromatic rings. The number of hydrogen-bond acceptors (Lipinski definition) is 4. The lowest BCUT2D eigenvalue weighted by atomic mass is 9.90. The number of halogens is 6. The van der Waals surface area contributed by atoms with Gasteiger partial charge in [0.2, 0.25) is 5.91 Å². The fraction of sp³-hybridized carbons (Fsp3) is 0.276. The Bertz CT molecular complexity index is 1680. The summed E-state index contributed by atoms with van der Waals surface area (Å²) in [6.07, 6.45) is -3.17. The molecule has 0 aliphatic carbocycles. The van der Waals surface area contributed by atoms with Crippen LogP contribution < -0.4 is 26.2 Å². The average Bonchev–Trinajstić information content (AvgIpc) is 3.64. The highest BCUT2D eigenvalue weighted by atomic mass is 35.5. The Morgan fingerprint density at radius 3 is 2.51 bits per heavy atom. The summed E-state index contributed by atoms with van der Waals surface area (Å²) in [6.45, 7) is 0.882. The highest BCUT2D eigenvalue weighted by Gasteiger charge is 2.41. The number of hydrogen-bond donors (Lipinski definition) is 4. The standard InChI is InChI=1S/C29H23ClF5N5O3/c30-19-4-3-15(31)11-18(19)24-23-22(38-26(41)13-8-14(29(33,34)35)10-16(32)9-13)12-21(37-27(42)20-2-1-6-36-20)17-5-7-40(25(17)23)28(43)39-24/h3-4,8-12,20,24,36H,1-2,5-7H2,(H,37,42)(H,38,41)(H,39,43)/t20-,24?/m0/s1. The SMILES string of the molecule is O=C(Nc1cc(NC(=O)[C@@H]2CCCN2)c2c3c1C(c1cc(F)ccc1Cl)NC(=O)N3CC2)c1cc(F)cc(C(F)(F)F)c1. The summed E-state index contributed by atoms with van der Waals surface area (Å²) >= 11 is 6.41. The second kappa shape index (κ2) is 10.8. The fourth-order valence-electron chi connectivity index (χ4n) is 5.78. The van der Waals surface area contributed by atoms with Crippen LogP contribution >= 0.6 is 11.6 Å². The van der Waals surface area contributed by atoms with E-state index in [1.807, 2.05) is 0 Å². The molecule has 1 saturated heterocycles. The highest BCUT2D eigenvalue weighted by molar-refractivity contribution is 6.31. The summed E-state index contributed by atoms with van der Waals surface area (Å²) in [7, 11) is 0. The molecule has 1 fully saturated rings. The maximum atomic E-state index is 14.4. The van der Waals surface area contributed by atoms with E-state index in [-0.39, 0.29) is 46.0 Å². The Labute approximate surface area is 246 Å². The third-order valence-corrected chi connectivity index (χ3v) is 8.09. The minimum Gasteiger partial charge on any atom is -0.327 e. The molecular weight excluding hydrogens is 597 g/mol. The smallest absolute Gasteiger partial charge is 0.327 e. The molecule has 3 aliphatic heterocycles. The van der Waals surface area contributed by atoms with E-state index in [0.29, 0.717) is 42.8 Å². The Kier molecular flexibility index (Phi) is 7.25. The average molecular weight is 620 g/mol. The summed E-state index contributed by atoms with van der Waals surface area (Å²) in [5.41, 5.74) is -0.328. The van der Waals surface area contributed by atoms with Gasteiger partial charge in [0, 0.05) is 39.5 Å². The van der Waals surface area contributed by atoms with Gasteiger partial charge in [-0.1, -0.05) is 11.6 Å². The summed E-state index contributed by atoms with van der Waals surface area (Å²) in [5, 5.41) is 11.4. The molecule has 43 heavy (non-hydrogen) atoms. The quantitative estimate of drug-likeness (QED) is 0.273. The van der Waals surface area contributed by atoms with Gasteiger partial charge < -0.3 is 21.3 Å².